The van der Waals surface area contributed by atoms with Gasteiger partial charge in [-0.25, -0.2) is 17.6 Å². The first-order chi connectivity index (χ1) is 9.26. The first-order valence-corrected chi connectivity index (χ1v) is 5.90. The molecule has 1 atom stereocenters. The highest BCUT2D eigenvalue weighted by molar-refractivity contribution is 5.28. The Labute approximate surface area is 113 Å². The van der Waals surface area contributed by atoms with Crippen LogP contribution in [0.3, 0.4) is 0 Å². The molecule has 0 radical (unpaired) electrons. The highest BCUT2D eigenvalue weighted by Crippen LogP contribution is 2.27. The molecule has 2 rings (SSSR count). The van der Waals surface area contributed by atoms with E-state index in [1.165, 1.54) is 6.92 Å². The fourth-order valence-corrected chi connectivity index (χ4v) is 2.08. The van der Waals surface area contributed by atoms with E-state index < -0.39 is 28.9 Å². The molecule has 1 nitrogen and oxygen atoms in total. The molecule has 0 aliphatic carbocycles. The van der Waals surface area contributed by atoms with Gasteiger partial charge in [0.15, 0.2) is 0 Å². The van der Waals surface area contributed by atoms with E-state index in [9.17, 15) is 22.7 Å². The molecule has 2 aromatic carbocycles. The molecule has 1 N–H and O–H groups in total. The van der Waals surface area contributed by atoms with Crippen LogP contribution in [-0.4, -0.2) is 5.11 Å². The largest absolute Gasteiger partial charge is 0.385 e. The molecular formula is C15H12F4O. The molecule has 0 saturated heterocycles. The van der Waals surface area contributed by atoms with Gasteiger partial charge < -0.3 is 5.11 Å². The normalized spacial score (nSPS) is 14.1. The first kappa shape index (κ1) is 14.5. The molecule has 0 fully saturated rings. The molecule has 0 bridgehead atoms. The molecule has 5 heteroatoms. The van der Waals surface area contributed by atoms with Crippen molar-refractivity contribution in [1.82, 2.24) is 0 Å². The Bertz CT molecular complexity index is 597. The van der Waals surface area contributed by atoms with Crippen LogP contribution in [0.4, 0.5) is 17.6 Å². The van der Waals surface area contributed by atoms with Crippen LogP contribution in [0.15, 0.2) is 36.4 Å². The molecule has 2 aromatic rings. The number of rotatable bonds is 3. The van der Waals surface area contributed by atoms with E-state index in [0.29, 0.717) is 12.1 Å². The Morgan fingerprint density at radius 1 is 0.800 bits per heavy atom. The minimum atomic E-state index is -1.65. The Kier molecular flexibility index (Phi) is 3.81. The SMILES string of the molecule is CC(O)(Cc1cc(F)cc(F)c1)c1cc(F)cc(F)c1. The van der Waals surface area contributed by atoms with Crippen LogP contribution in [0, 0.1) is 23.3 Å². The van der Waals surface area contributed by atoms with Crippen LogP contribution >= 0.6 is 0 Å². The van der Waals surface area contributed by atoms with Crippen molar-refractivity contribution >= 4 is 0 Å². The minimum Gasteiger partial charge on any atom is -0.385 e. The monoisotopic (exact) mass is 284 g/mol. The third-order valence-electron chi connectivity index (χ3n) is 2.96. The summed E-state index contributed by atoms with van der Waals surface area (Å²) < 4.78 is 52.5. The highest BCUT2D eigenvalue weighted by Gasteiger charge is 2.25. The maximum absolute atomic E-state index is 13.2. The summed E-state index contributed by atoms with van der Waals surface area (Å²) >= 11 is 0. The lowest BCUT2D eigenvalue weighted by atomic mass is 9.89. The van der Waals surface area contributed by atoms with Crippen LogP contribution in [0.5, 0.6) is 0 Å². The van der Waals surface area contributed by atoms with E-state index in [0.717, 1.165) is 24.3 Å². The third kappa shape index (κ3) is 3.36. The van der Waals surface area contributed by atoms with Gasteiger partial charge in [0, 0.05) is 18.6 Å². The van der Waals surface area contributed by atoms with Gasteiger partial charge in [-0.3, -0.25) is 0 Å². The molecule has 0 saturated carbocycles. The molecule has 20 heavy (non-hydrogen) atoms. The zero-order valence-corrected chi connectivity index (χ0v) is 10.6. The quantitative estimate of drug-likeness (QED) is 0.852. The Morgan fingerprint density at radius 3 is 1.65 bits per heavy atom. The molecule has 0 aliphatic rings. The van der Waals surface area contributed by atoms with Gasteiger partial charge in [-0.2, -0.15) is 0 Å². The van der Waals surface area contributed by atoms with E-state index in [1.807, 2.05) is 0 Å². The molecular weight excluding hydrogens is 272 g/mol. The van der Waals surface area contributed by atoms with Crippen molar-refractivity contribution in [2.45, 2.75) is 18.9 Å². The average Bonchev–Trinajstić information content (AvgIpc) is 2.25. The lowest BCUT2D eigenvalue weighted by molar-refractivity contribution is 0.0568. The topological polar surface area (TPSA) is 20.2 Å². The fraction of sp³-hybridized carbons (Fsp3) is 0.200. The molecule has 0 spiro atoms. The summed E-state index contributed by atoms with van der Waals surface area (Å²) in [6.07, 6.45) is -0.176. The van der Waals surface area contributed by atoms with E-state index in [1.54, 1.807) is 0 Å². The second kappa shape index (κ2) is 5.25. The van der Waals surface area contributed by atoms with Crippen molar-refractivity contribution in [3.8, 4) is 0 Å². The van der Waals surface area contributed by atoms with Crippen molar-refractivity contribution in [3.05, 3.63) is 70.8 Å². The lowest BCUT2D eigenvalue weighted by Crippen LogP contribution is -2.24. The van der Waals surface area contributed by atoms with Crippen LogP contribution in [0.1, 0.15) is 18.1 Å². The van der Waals surface area contributed by atoms with Gasteiger partial charge in [-0.1, -0.05) is 0 Å². The van der Waals surface area contributed by atoms with Crippen molar-refractivity contribution in [2.75, 3.05) is 0 Å². The van der Waals surface area contributed by atoms with Crippen molar-refractivity contribution in [1.29, 1.82) is 0 Å². The summed E-state index contributed by atoms with van der Waals surface area (Å²) in [5.41, 5.74) is -1.46. The zero-order chi connectivity index (χ0) is 14.9. The zero-order valence-electron chi connectivity index (χ0n) is 10.6. The summed E-state index contributed by atoms with van der Waals surface area (Å²) in [6, 6.07) is 5.49. The Morgan fingerprint density at radius 2 is 1.20 bits per heavy atom. The summed E-state index contributed by atoms with van der Waals surface area (Å²) in [4.78, 5) is 0. The number of benzene rings is 2. The predicted molar refractivity (Wildman–Crippen MR) is 66.0 cm³/mol. The van der Waals surface area contributed by atoms with Gasteiger partial charge in [0.25, 0.3) is 0 Å². The molecule has 106 valence electrons. The number of hydrogen-bond acceptors (Lipinski definition) is 1. The van der Waals surface area contributed by atoms with Crippen molar-refractivity contribution in [3.63, 3.8) is 0 Å². The van der Waals surface area contributed by atoms with Gasteiger partial charge in [-0.15, -0.1) is 0 Å². The summed E-state index contributed by atoms with van der Waals surface area (Å²) in [5.74, 6) is -3.21. The number of hydrogen-bond donors (Lipinski definition) is 1. The summed E-state index contributed by atoms with van der Waals surface area (Å²) in [7, 11) is 0. The van der Waals surface area contributed by atoms with Gasteiger partial charge in [0.05, 0.1) is 5.60 Å². The van der Waals surface area contributed by atoms with Crippen molar-refractivity contribution < 1.29 is 22.7 Å². The standard InChI is InChI=1S/C15H12F4O/c1-15(20,10-4-13(18)7-14(19)5-10)8-9-2-11(16)6-12(17)3-9/h2-7,20H,8H2,1H3. The molecule has 1 unspecified atom stereocenters. The highest BCUT2D eigenvalue weighted by atomic mass is 19.1. The van der Waals surface area contributed by atoms with Crippen LogP contribution in [0.2, 0.25) is 0 Å². The molecule has 0 aliphatic heterocycles. The number of aliphatic hydroxyl groups is 1. The Balaban J connectivity index is 2.34. The van der Waals surface area contributed by atoms with Crippen molar-refractivity contribution in [2.24, 2.45) is 0 Å². The smallest absolute Gasteiger partial charge is 0.126 e. The minimum absolute atomic E-state index is 0.000306. The summed E-state index contributed by atoms with van der Waals surface area (Å²) in [6.45, 7) is 1.32. The Hall–Kier alpha value is -1.88. The summed E-state index contributed by atoms with van der Waals surface area (Å²) in [5, 5.41) is 10.3. The third-order valence-corrected chi connectivity index (χ3v) is 2.96. The molecule has 0 heterocycles. The lowest BCUT2D eigenvalue weighted by Gasteiger charge is -2.24. The second-order valence-corrected chi connectivity index (χ2v) is 4.89. The van der Waals surface area contributed by atoms with Crippen LogP contribution in [-0.2, 0) is 12.0 Å². The fourth-order valence-electron chi connectivity index (χ4n) is 2.08. The van der Waals surface area contributed by atoms with Gasteiger partial charge >= 0.3 is 0 Å². The van der Waals surface area contributed by atoms with Gasteiger partial charge in [0.2, 0.25) is 0 Å². The van der Waals surface area contributed by atoms with E-state index in [-0.39, 0.29) is 17.5 Å². The van der Waals surface area contributed by atoms with E-state index in [2.05, 4.69) is 0 Å². The van der Waals surface area contributed by atoms with Crippen LogP contribution < -0.4 is 0 Å². The molecule has 0 aromatic heterocycles. The van der Waals surface area contributed by atoms with Gasteiger partial charge in [-0.05, 0) is 42.3 Å². The number of halogens is 4. The van der Waals surface area contributed by atoms with Crippen LogP contribution in [0.25, 0.3) is 0 Å². The predicted octanol–water partition coefficient (Wildman–Crippen LogP) is 3.69. The maximum Gasteiger partial charge on any atom is 0.126 e. The molecule has 0 amide bonds. The van der Waals surface area contributed by atoms with E-state index in [4.69, 9.17) is 0 Å². The maximum atomic E-state index is 13.2. The second-order valence-electron chi connectivity index (χ2n) is 4.89. The average molecular weight is 284 g/mol. The van der Waals surface area contributed by atoms with Gasteiger partial charge in [0.1, 0.15) is 23.3 Å². The van der Waals surface area contributed by atoms with E-state index >= 15 is 0 Å². The first-order valence-electron chi connectivity index (χ1n) is 5.90.